The molecule has 18 heavy (non-hydrogen) atoms. The maximum Gasteiger partial charge on any atom is 0.322 e. The van der Waals surface area contributed by atoms with Gasteiger partial charge in [0, 0.05) is 11.8 Å². The summed E-state index contributed by atoms with van der Waals surface area (Å²) in [5.74, 6) is -0.514. The molecule has 0 aliphatic carbocycles. The van der Waals surface area contributed by atoms with E-state index in [0.717, 1.165) is 12.2 Å². The fourth-order valence-corrected chi connectivity index (χ4v) is 2.67. The number of thioether (sulfide) groups is 1. The summed E-state index contributed by atoms with van der Waals surface area (Å²) >= 11 is 1.83. The van der Waals surface area contributed by atoms with Crippen molar-refractivity contribution in [2.45, 2.75) is 18.1 Å². The molecule has 0 aromatic heterocycles. The van der Waals surface area contributed by atoms with Crippen LogP contribution in [-0.2, 0) is 9.59 Å². The van der Waals surface area contributed by atoms with Crippen LogP contribution in [0.2, 0.25) is 0 Å². The number of carboxylic acids is 1. The Morgan fingerprint density at radius 1 is 1.17 bits per heavy atom. The van der Waals surface area contributed by atoms with Crippen molar-refractivity contribution < 1.29 is 19.5 Å². The highest BCUT2D eigenvalue weighted by atomic mass is 32.2. The molecule has 7 nitrogen and oxygen atoms in total. The molecule has 0 saturated carbocycles. The van der Waals surface area contributed by atoms with E-state index in [1.54, 1.807) is 0 Å². The van der Waals surface area contributed by atoms with Gasteiger partial charge in [0.15, 0.2) is 0 Å². The molecule has 1 aliphatic heterocycles. The van der Waals surface area contributed by atoms with Crippen LogP contribution in [0.5, 0.6) is 0 Å². The largest absolute Gasteiger partial charge is 0.480 e. The van der Waals surface area contributed by atoms with Crippen LogP contribution in [0.1, 0.15) is 12.8 Å². The Labute approximate surface area is 109 Å². The molecule has 1 aliphatic rings. The predicted octanol–water partition coefficient (Wildman–Crippen LogP) is -0.618. The number of hydrogen-bond donors (Lipinski definition) is 4. The standard InChI is InChI=1S/C10H17N3O4S/c14-8(11-6-9(15)16)5-13-10(17)12-4-7-2-1-3-18-7/h7H,1-6H2,(H,11,14)(H,15,16)(H2,12,13,17). The topological polar surface area (TPSA) is 108 Å². The molecule has 0 spiro atoms. The molecular weight excluding hydrogens is 258 g/mol. The molecule has 102 valence electrons. The summed E-state index contributed by atoms with van der Waals surface area (Å²) < 4.78 is 0. The summed E-state index contributed by atoms with van der Waals surface area (Å²) in [6.07, 6.45) is 2.28. The van der Waals surface area contributed by atoms with Gasteiger partial charge in [-0.05, 0) is 18.6 Å². The lowest BCUT2D eigenvalue weighted by atomic mass is 10.2. The summed E-state index contributed by atoms with van der Waals surface area (Å²) in [5.41, 5.74) is 0. The summed E-state index contributed by atoms with van der Waals surface area (Å²) in [6.45, 7) is -0.0784. The second kappa shape index (κ2) is 7.80. The molecule has 3 amide bonds. The zero-order chi connectivity index (χ0) is 13.4. The van der Waals surface area contributed by atoms with Gasteiger partial charge >= 0.3 is 12.0 Å². The highest BCUT2D eigenvalue weighted by Gasteiger charge is 2.16. The lowest BCUT2D eigenvalue weighted by Crippen LogP contribution is -2.44. The van der Waals surface area contributed by atoms with Crippen LogP contribution in [0.15, 0.2) is 0 Å². The van der Waals surface area contributed by atoms with E-state index in [4.69, 9.17) is 5.11 Å². The number of urea groups is 1. The molecule has 1 heterocycles. The summed E-state index contributed by atoms with van der Waals surface area (Å²) in [5, 5.41) is 16.0. The van der Waals surface area contributed by atoms with Gasteiger partial charge in [-0.25, -0.2) is 4.79 Å². The van der Waals surface area contributed by atoms with Gasteiger partial charge in [0.25, 0.3) is 0 Å². The van der Waals surface area contributed by atoms with Crippen molar-refractivity contribution >= 4 is 29.7 Å². The van der Waals surface area contributed by atoms with Gasteiger partial charge < -0.3 is 21.1 Å². The Balaban J connectivity index is 2.05. The molecule has 0 aromatic carbocycles. The van der Waals surface area contributed by atoms with Crippen molar-refractivity contribution in [3.05, 3.63) is 0 Å². The quantitative estimate of drug-likeness (QED) is 0.517. The average Bonchev–Trinajstić information content (AvgIpc) is 2.84. The summed E-state index contributed by atoms with van der Waals surface area (Å²) in [4.78, 5) is 32.6. The lowest BCUT2D eigenvalue weighted by Gasteiger charge is -2.11. The number of hydrogen-bond acceptors (Lipinski definition) is 4. The minimum Gasteiger partial charge on any atom is -0.480 e. The SMILES string of the molecule is O=C(O)CNC(=O)CNC(=O)NCC1CCCS1. The minimum absolute atomic E-state index is 0.225. The van der Waals surface area contributed by atoms with E-state index >= 15 is 0 Å². The Bertz CT molecular complexity index is 318. The summed E-state index contributed by atoms with van der Waals surface area (Å²) in [6, 6.07) is -0.409. The highest BCUT2D eigenvalue weighted by Crippen LogP contribution is 2.24. The molecule has 0 aromatic rings. The van der Waals surface area contributed by atoms with E-state index < -0.39 is 24.5 Å². The van der Waals surface area contributed by atoms with Crippen molar-refractivity contribution in [3.8, 4) is 0 Å². The van der Waals surface area contributed by atoms with Crippen LogP contribution in [0.3, 0.4) is 0 Å². The third kappa shape index (κ3) is 6.33. The van der Waals surface area contributed by atoms with Crippen molar-refractivity contribution in [2.24, 2.45) is 0 Å². The molecule has 8 heteroatoms. The normalized spacial score (nSPS) is 18.1. The Morgan fingerprint density at radius 3 is 2.56 bits per heavy atom. The molecule has 1 unspecified atom stereocenters. The van der Waals surface area contributed by atoms with Gasteiger partial charge in [-0.1, -0.05) is 0 Å². The number of amides is 3. The van der Waals surface area contributed by atoms with Crippen molar-refractivity contribution in [1.29, 1.82) is 0 Å². The van der Waals surface area contributed by atoms with Crippen molar-refractivity contribution in [2.75, 3.05) is 25.4 Å². The Hall–Kier alpha value is -1.44. The molecule has 1 atom stereocenters. The molecule has 0 bridgehead atoms. The van der Waals surface area contributed by atoms with Crippen LogP contribution in [-0.4, -0.2) is 53.7 Å². The highest BCUT2D eigenvalue weighted by molar-refractivity contribution is 8.00. The number of nitrogens with one attached hydrogen (secondary N) is 3. The molecule has 0 radical (unpaired) electrons. The van der Waals surface area contributed by atoms with Gasteiger partial charge in [-0.2, -0.15) is 11.8 Å². The number of carboxylic acid groups (broad SMARTS) is 1. The molecule has 4 N–H and O–H groups in total. The van der Waals surface area contributed by atoms with Crippen LogP contribution < -0.4 is 16.0 Å². The first-order valence-electron chi connectivity index (χ1n) is 5.69. The number of rotatable bonds is 6. The molecule has 1 saturated heterocycles. The van der Waals surface area contributed by atoms with Gasteiger partial charge in [0.2, 0.25) is 5.91 Å². The van der Waals surface area contributed by atoms with Crippen LogP contribution in [0, 0.1) is 0 Å². The van der Waals surface area contributed by atoms with Crippen molar-refractivity contribution in [1.82, 2.24) is 16.0 Å². The van der Waals surface area contributed by atoms with Gasteiger partial charge in [-0.3, -0.25) is 9.59 Å². The maximum absolute atomic E-state index is 11.3. The smallest absolute Gasteiger partial charge is 0.322 e. The zero-order valence-corrected chi connectivity index (χ0v) is 10.7. The first kappa shape index (κ1) is 14.6. The number of aliphatic carboxylic acids is 1. The molecule has 1 fully saturated rings. The predicted molar refractivity (Wildman–Crippen MR) is 67.5 cm³/mol. The van der Waals surface area contributed by atoms with Gasteiger partial charge in [0.1, 0.15) is 6.54 Å². The molecular formula is C10H17N3O4S. The first-order chi connectivity index (χ1) is 8.58. The van der Waals surface area contributed by atoms with E-state index in [-0.39, 0.29) is 6.54 Å². The van der Waals surface area contributed by atoms with E-state index in [2.05, 4.69) is 16.0 Å². The van der Waals surface area contributed by atoms with E-state index in [9.17, 15) is 14.4 Å². The molecule has 1 rings (SSSR count). The van der Waals surface area contributed by atoms with Crippen LogP contribution in [0.4, 0.5) is 4.79 Å². The first-order valence-corrected chi connectivity index (χ1v) is 6.74. The van der Waals surface area contributed by atoms with Crippen LogP contribution in [0.25, 0.3) is 0 Å². The van der Waals surface area contributed by atoms with E-state index in [0.29, 0.717) is 11.8 Å². The third-order valence-corrected chi connectivity index (χ3v) is 3.76. The Morgan fingerprint density at radius 2 is 1.94 bits per heavy atom. The third-order valence-electron chi connectivity index (χ3n) is 2.36. The maximum atomic E-state index is 11.3. The van der Waals surface area contributed by atoms with Crippen molar-refractivity contribution in [3.63, 3.8) is 0 Å². The monoisotopic (exact) mass is 275 g/mol. The fourth-order valence-electron chi connectivity index (χ4n) is 1.47. The average molecular weight is 275 g/mol. The summed E-state index contributed by atoms with van der Waals surface area (Å²) in [7, 11) is 0. The fraction of sp³-hybridized carbons (Fsp3) is 0.700. The van der Waals surface area contributed by atoms with E-state index in [1.165, 1.54) is 6.42 Å². The van der Waals surface area contributed by atoms with Gasteiger partial charge in [-0.15, -0.1) is 0 Å². The second-order valence-electron chi connectivity index (χ2n) is 3.87. The zero-order valence-electron chi connectivity index (χ0n) is 9.90. The lowest BCUT2D eigenvalue weighted by molar-refractivity contribution is -0.137. The number of carbonyl (C=O) groups is 3. The van der Waals surface area contributed by atoms with Crippen LogP contribution >= 0.6 is 11.8 Å². The second-order valence-corrected chi connectivity index (χ2v) is 5.28. The minimum atomic E-state index is -1.12. The van der Waals surface area contributed by atoms with E-state index in [1.807, 2.05) is 11.8 Å². The Kier molecular flexibility index (Phi) is 6.34. The number of carbonyl (C=O) groups excluding carboxylic acids is 2. The van der Waals surface area contributed by atoms with Gasteiger partial charge in [0.05, 0.1) is 6.54 Å².